The van der Waals surface area contributed by atoms with Gasteiger partial charge in [-0.15, -0.1) is 0 Å². The zero-order valence-corrected chi connectivity index (χ0v) is 11.1. The highest BCUT2D eigenvalue weighted by molar-refractivity contribution is 6.33. The van der Waals surface area contributed by atoms with Gasteiger partial charge in [0.25, 0.3) is 0 Å². The SMILES string of the molecule is COCCCC(N)C(=O)Nc1c(F)cc(F)cc1Cl. The predicted octanol–water partition coefficient (Wildman–Crippen LogP) is 2.31. The van der Waals surface area contributed by atoms with Crippen LogP contribution >= 0.6 is 11.6 Å². The summed E-state index contributed by atoms with van der Waals surface area (Å²) < 4.78 is 31.1. The number of anilines is 1. The van der Waals surface area contributed by atoms with Gasteiger partial charge in [-0.2, -0.15) is 0 Å². The normalized spacial score (nSPS) is 12.3. The number of nitrogens with two attached hydrogens (primary N) is 1. The minimum absolute atomic E-state index is 0.213. The highest BCUT2D eigenvalue weighted by Crippen LogP contribution is 2.26. The number of ether oxygens (including phenoxy) is 1. The summed E-state index contributed by atoms with van der Waals surface area (Å²) in [4.78, 5) is 11.7. The van der Waals surface area contributed by atoms with Crippen molar-refractivity contribution in [1.29, 1.82) is 0 Å². The Morgan fingerprint density at radius 1 is 1.53 bits per heavy atom. The van der Waals surface area contributed by atoms with Crippen LogP contribution in [0.5, 0.6) is 0 Å². The molecule has 0 saturated heterocycles. The van der Waals surface area contributed by atoms with E-state index in [1.54, 1.807) is 7.11 Å². The Labute approximate surface area is 114 Å². The van der Waals surface area contributed by atoms with Crippen molar-refractivity contribution < 1.29 is 18.3 Å². The Hall–Kier alpha value is -1.24. The lowest BCUT2D eigenvalue weighted by Gasteiger charge is -2.13. The van der Waals surface area contributed by atoms with E-state index < -0.39 is 23.6 Å². The Morgan fingerprint density at radius 2 is 2.21 bits per heavy atom. The molecule has 4 nitrogen and oxygen atoms in total. The predicted molar refractivity (Wildman–Crippen MR) is 69.1 cm³/mol. The van der Waals surface area contributed by atoms with Crippen molar-refractivity contribution in [2.24, 2.45) is 5.73 Å². The van der Waals surface area contributed by atoms with Crippen molar-refractivity contribution in [3.63, 3.8) is 0 Å². The molecule has 1 aromatic carbocycles. The van der Waals surface area contributed by atoms with E-state index in [0.29, 0.717) is 25.5 Å². The van der Waals surface area contributed by atoms with Gasteiger partial charge in [0, 0.05) is 19.8 Å². The van der Waals surface area contributed by atoms with Crippen LogP contribution in [0.15, 0.2) is 12.1 Å². The van der Waals surface area contributed by atoms with Gasteiger partial charge in [-0.1, -0.05) is 11.6 Å². The molecule has 1 amide bonds. The van der Waals surface area contributed by atoms with Crippen molar-refractivity contribution in [1.82, 2.24) is 0 Å². The van der Waals surface area contributed by atoms with Gasteiger partial charge in [-0.05, 0) is 18.9 Å². The Balaban J connectivity index is 2.66. The van der Waals surface area contributed by atoms with Gasteiger partial charge >= 0.3 is 0 Å². The molecule has 106 valence electrons. The third-order valence-electron chi connectivity index (χ3n) is 2.46. The fourth-order valence-electron chi connectivity index (χ4n) is 1.46. The molecule has 0 spiro atoms. The number of carbonyl (C=O) groups excluding carboxylic acids is 1. The van der Waals surface area contributed by atoms with E-state index in [1.165, 1.54) is 0 Å². The van der Waals surface area contributed by atoms with Crippen LogP contribution in [0.2, 0.25) is 5.02 Å². The first kappa shape index (κ1) is 15.8. The molecule has 0 aromatic heterocycles. The molecule has 19 heavy (non-hydrogen) atoms. The average Bonchev–Trinajstić information content (AvgIpc) is 2.33. The van der Waals surface area contributed by atoms with E-state index >= 15 is 0 Å². The van der Waals surface area contributed by atoms with Gasteiger partial charge in [0.05, 0.1) is 16.8 Å². The second kappa shape index (κ2) is 7.37. The molecule has 1 rings (SSSR count). The third kappa shape index (κ3) is 4.74. The average molecular weight is 293 g/mol. The maximum atomic E-state index is 13.4. The number of hydrogen-bond donors (Lipinski definition) is 2. The zero-order valence-electron chi connectivity index (χ0n) is 10.4. The number of rotatable bonds is 6. The molecule has 0 fully saturated rings. The van der Waals surface area contributed by atoms with Crippen molar-refractivity contribution in [3.8, 4) is 0 Å². The van der Waals surface area contributed by atoms with E-state index in [9.17, 15) is 13.6 Å². The Kier molecular flexibility index (Phi) is 6.14. The van der Waals surface area contributed by atoms with Crippen LogP contribution in [0.4, 0.5) is 14.5 Å². The van der Waals surface area contributed by atoms with Crippen LogP contribution in [0, 0.1) is 11.6 Å². The van der Waals surface area contributed by atoms with Crippen LogP contribution in [-0.2, 0) is 9.53 Å². The maximum absolute atomic E-state index is 13.4. The van der Waals surface area contributed by atoms with E-state index in [2.05, 4.69) is 5.32 Å². The van der Waals surface area contributed by atoms with E-state index in [1.807, 2.05) is 0 Å². The fourth-order valence-corrected chi connectivity index (χ4v) is 1.70. The molecule has 0 bridgehead atoms. The minimum Gasteiger partial charge on any atom is -0.385 e. The Bertz CT molecular complexity index is 434. The summed E-state index contributed by atoms with van der Waals surface area (Å²) in [5, 5.41) is 2.04. The number of halogens is 3. The third-order valence-corrected chi connectivity index (χ3v) is 2.75. The molecule has 0 heterocycles. The second-order valence-corrected chi connectivity index (χ2v) is 4.38. The summed E-state index contributed by atoms with van der Waals surface area (Å²) in [6, 6.07) is 0.741. The lowest BCUT2D eigenvalue weighted by Crippen LogP contribution is -2.36. The van der Waals surface area contributed by atoms with Crippen LogP contribution in [0.25, 0.3) is 0 Å². The number of amides is 1. The van der Waals surface area contributed by atoms with E-state index in [-0.39, 0.29) is 10.7 Å². The molecule has 7 heteroatoms. The highest BCUT2D eigenvalue weighted by Gasteiger charge is 2.17. The van der Waals surface area contributed by atoms with Gasteiger partial charge in [0.2, 0.25) is 5.91 Å². The van der Waals surface area contributed by atoms with Gasteiger partial charge in [-0.3, -0.25) is 4.79 Å². The summed E-state index contributed by atoms with van der Waals surface area (Å²) >= 11 is 5.65. The summed E-state index contributed by atoms with van der Waals surface area (Å²) in [5.41, 5.74) is 5.36. The molecule has 0 aliphatic carbocycles. The van der Waals surface area contributed by atoms with Gasteiger partial charge in [-0.25, -0.2) is 8.78 Å². The molecular formula is C12H15ClF2N2O2. The molecule has 1 atom stereocenters. The van der Waals surface area contributed by atoms with Gasteiger partial charge < -0.3 is 15.8 Å². The summed E-state index contributed by atoms with van der Waals surface area (Å²) in [5.74, 6) is -2.34. The largest absolute Gasteiger partial charge is 0.385 e. The van der Waals surface area contributed by atoms with Gasteiger partial charge in [0.15, 0.2) is 5.82 Å². The first-order valence-corrected chi connectivity index (χ1v) is 6.03. The van der Waals surface area contributed by atoms with Crippen LogP contribution in [0.3, 0.4) is 0 Å². The summed E-state index contributed by atoms with van der Waals surface area (Å²) in [6.45, 7) is 0.479. The van der Waals surface area contributed by atoms with Crippen LogP contribution in [-0.4, -0.2) is 25.7 Å². The first-order chi connectivity index (χ1) is 8.95. The van der Waals surface area contributed by atoms with E-state index in [0.717, 1.165) is 6.07 Å². The number of benzene rings is 1. The number of carbonyl (C=O) groups is 1. The van der Waals surface area contributed by atoms with Crippen molar-refractivity contribution >= 4 is 23.2 Å². The van der Waals surface area contributed by atoms with Crippen molar-refractivity contribution in [3.05, 3.63) is 28.8 Å². The summed E-state index contributed by atoms with van der Waals surface area (Å²) in [7, 11) is 1.54. The lowest BCUT2D eigenvalue weighted by atomic mass is 10.1. The quantitative estimate of drug-likeness (QED) is 0.791. The van der Waals surface area contributed by atoms with Gasteiger partial charge in [0.1, 0.15) is 5.82 Å². The summed E-state index contributed by atoms with van der Waals surface area (Å²) in [6.07, 6.45) is 0.991. The molecule has 0 aliphatic rings. The van der Waals surface area contributed by atoms with Crippen LogP contribution < -0.4 is 11.1 Å². The highest BCUT2D eigenvalue weighted by atomic mass is 35.5. The smallest absolute Gasteiger partial charge is 0.241 e. The maximum Gasteiger partial charge on any atom is 0.241 e. The van der Waals surface area contributed by atoms with Crippen LogP contribution in [0.1, 0.15) is 12.8 Å². The first-order valence-electron chi connectivity index (χ1n) is 5.65. The molecule has 0 radical (unpaired) electrons. The topological polar surface area (TPSA) is 64.3 Å². The lowest BCUT2D eigenvalue weighted by molar-refractivity contribution is -0.117. The molecule has 3 N–H and O–H groups in total. The molecule has 1 unspecified atom stereocenters. The standard InChI is InChI=1S/C12H15ClF2N2O2/c1-19-4-2-3-10(16)12(18)17-11-8(13)5-7(14)6-9(11)15/h5-6,10H,2-4,16H2,1H3,(H,17,18). The minimum atomic E-state index is -0.942. The number of hydrogen-bond acceptors (Lipinski definition) is 3. The molecular weight excluding hydrogens is 278 g/mol. The van der Waals surface area contributed by atoms with Crippen molar-refractivity contribution in [2.45, 2.75) is 18.9 Å². The molecule has 0 saturated carbocycles. The molecule has 0 aliphatic heterocycles. The number of nitrogens with one attached hydrogen (secondary N) is 1. The van der Waals surface area contributed by atoms with Crippen molar-refractivity contribution in [2.75, 3.05) is 19.0 Å². The van der Waals surface area contributed by atoms with E-state index in [4.69, 9.17) is 22.1 Å². The fraction of sp³-hybridized carbons (Fsp3) is 0.417. The molecule has 1 aromatic rings. The monoisotopic (exact) mass is 292 g/mol. The zero-order chi connectivity index (χ0) is 14.4. The Morgan fingerprint density at radius 3 is 2.79 bits per heavy atom. The number of methoxy groups -OCH3 is 1. The second-order valence-electron chi connectivity index (χ2n) is 3.98.